The summed E-state index contributed by atoms with van der Waals surface area (Å²) in [6, 6.07) is 3.66. The van der Waals surface area contributed by atoms with E-state index in [-0.39, 0.29) is 30.9 Å². The van der Waals surface area contributed by atoms with Crippen molar-refractivity contribution in [2.24, 2.45) is 0 Å². The Bertz CT molecular complexity index is 1030. The average molecular weight is 474 g/mol. The van der Waals surface area contributed by atoms with Crippen LogP contribution < -0.4 is 5.32 Å². The second kappa shape index (κ2) is 9.85. The quantitative estimate of drug-likeness (QED) is 0.570. The van der Waals surface area contributed by atoms with E-state index in [0.29, 0.717) is 17.6 Å². The number of hydrogen-bond donors (Lipinski definition) is 3. The van der Waals surface area contributed by atoms with E-state index >= 15 is 0 Å². The van der Waals surface area contributed by atoms with Crippen molar-refractivity contribution in [2.75, 3.05) is 25.0 Å². The number of alkyl halides is 3. The summed E-state index contributed by atoms with van der Waals surface area (Å²) >= 11 is 5.67. The van der Waals surface area contributed by atoms with Crippen molar-refractivity contribution in [1.82, 2.24) is 9.88 Å². The molecule has 0 unspecified atom stereocenters. The first-order valence-electron chi connectivity index (χ1n) is 9.64. The molecule has 0 saturated heterocycles. The maximum absolute atomic E-state index is 14.5. The van der Waals surface area contributed by atoms with Crippen molar-refractivity contribution >= 4 is 28.9 Å². The smallest absolute Gasteiger partial charge is 0.394 e. The largest absolute Gasteiger partial charge is 0.417 e. The highest BCUT2D eigenvalue weighted by molar-refractivity contribution is 6.31. The predicted molar refractivity (Wildman–Crippen MR) is 111 cm³/mol. The van der Waals surface area contributed by atoms with Crippen LogP contribution in [0.1, 0.15) is 23.2 Å². The van der Waals surface area contributed by atoms with E-state index in [0.717, 1.165) is 18.2 Å². The summed E-state index contributed by atoms with van der Waals surface area (Å²) in [5.74, 6) is -0.573. The van der Waals surface area contributed by atoms with Crippen LogP contribution in [0.15, 0.2) is 36.5 Å². The zero-order chi connectivity index (χ0) is 23.5. The molecular formula is C21H20ClF4N3O3. The van der Waals surface area contributed by atoms with E-state index in [1.165, 1.54) is 17.2 Å². The van der Waals surface area contributed by atoms with Crippen LogP contribution in [0.25, 0.3) is 5.57 Å². The van der Waals surface area contributed by atoms with Gasteiger partial charge < -0.3 is 20.4 Å². The Morgan fingerprint density at radius 2 is 2.06 bits per heavy atom. The highest BCUT2D eigenvalue weighted by Crippen LogP contribution is 2.36. The Balaban J connectivity index is 1.64. The third-order valence-electron chi connectivity index (χ3n) is 4.91. The molecular weight excluding hydrogens is 454 g/mol. The Morgan fingerprint density at radius 3 is 2.62 bits per heavy atom. The molecule has 0 aliphatic carbocycles. The van der Waals surface area contributed by atoms with Gasteiger partial charge in [0.2, 0.25) is 0 Å². The van der Waals surface area contributed by atoms with Crippen LogP contribution in [-0.4, -0.2) is 51.9 Å². The van der Waals surface area contributed by atoms with Crippen molar-refractivity contribution in [3.63, 3.8) is 0 Å². The summed E-state index contributed by atoms with van der Waals surface area (Å²) in [6.07, 6.45) is -2.12. The number of amides is 2. The molecule has 1 aromatic carbocycles. The fourth-order valence-corrected chi connectivity index (χ4v) is 3.54. The molecule has 0 radical (unpaired) electrons. The van der Waals surface area contributed by atoms with Gasteiger partial charge >= 0.3 is 12.2 Å². The van der Waals surface area contributed by atoms with Crippen LogP contribution in [0.2, 0.25) is 5.02 Å². The van der Waals surface area contributed by atoms with Gasteiger partial charge in [0.1, 0.15) is 11.5 Å². The van der Waals surface area contributed by atoms with Crippen molar-refractivity contribution < 1.29 is 32.6 Å². The topological polar surface area (TPSA) is 85.7 Å². The molecule has 2 amide bonds. The van der Waals surface area contributed by atoms with Gasteiger partial charge in [0.05, 0.1) is 23.3 Å². The maximum atomic E-state index is 14.5. The molecule has 2 aromatic rings. The predicted octanol–water partition coefficient (Wildman–Crippen LogP) is 4.11. The van der Waals surface area contributed by atoms with Crippen LogP contribution in [0.5, 0.6) is 0 Å². The normalized spacial score (nSPS) is 15.3. The molecule has 2 heterocycles. The number of nitrogens with one attached hydrogen (secondary N) is 1. The van der Waals surface area contributed by atoms with Crippen molar-refractivity contribution in [1.29, 1.82) is 0 Å². The summed E-state index contributed by atoms with van der Waals surface area (Å²) in [4.78, 5) is 18.0. The number of anilines is 1. The van der Waals surface area contributed by atoms with Gasteiger partial charge in [-0.15, -0.1) is 0 Å². The van der Waals surface area contributed by atoms with E-state index in [9.17, 15) is 27.5 Å². The van der Waals surface area contributed by atoms with Crippen LogP contribution in [0, 0.1) is 5.82 Å². The maximum Gasteiger partial charge on any atom is 0.417 e. The van der Waals surface area contributed by atoms with E-state index in [1.54, 1.807) is 6.08 Å². The molecule has 1 aliphatic rings. The molecule has 1 aliphatic heterocycles. The average Bonchev–Trinajstić information content (AvgIpc) is 2.73. The Hall–Kier alpha value is -2.69. The first kappa shape index (κ1) is 24.0. The third-order valence-corrected chi connectivity index (χ3v) is 5.22. The van der Waals surface area contributed by atoms with E-state index < -0.39 is 41.3 Å². The Morgan fingerprint density at radius 1 is 1.31 bits per heavy atom. The highest BCUT2D eigenvalue weighted by Gasteiger charge is 2.33. The number of pyridine rings is 1. The summed E-state index contributed by atoms with van der Waals surface area (Å²) in [7, 11) is 0. The number of rotatable bonds is 5. The SMILES string of the molecule is O=C(Nc1ccc(C(F)(F)F)c(Cl)c1)N1CC=C(c2ncc(C[C@H](O)CO)cc2F)CC1. The van der Waals surface area contributed by atoms with Gasteiger partial charge in [-0.05, 0) is 41.8 Å². The fourth-order valence-electron chi connectivity index (χ4n) is 3.26. The van der Waals surface area contributed by atoms with E-state index in [2.05, 4.69) is 10.3 Å². The molecule has 3 N–H and O–H groups in total. The zero-order valence-corrected chi connectivity index (χ0v) is 17.4. The summed E-state index contributed by atoms with van der Waals surface area (Å²) < 4.78 is 52.8. The van der Waals surface area contributed by atoms with E-state index in [1.807, 2.05) is 0 Å². The van der Waals surface area contributed by atoms with Gasteiger partial charge in [-0.25, -0.2) is 9.18 Å². The molecule has 11 heteroatoms. The molecule has 172 valence electrons. The van der Waals surface area contributed by atoms with Gasteiger partial charge in [0, 0.05) is 31.4 Å². The second-order valence-electron chi connectivity index (χ2n) is 7.26. The molecule has 0 spiro atoms. The van der Waals surface area contributed by atoms with Gasteiger partial charge in [-0.1, -0.05) is 17.7 Å². The zero-order valence-electron chi connectivity index (χ0n) is 16.7. The van der Waals surface area contributed by atoms with Crippen LogP contribution in [-0.2, 0) is 12.6 Å². The Labute approximate surface area is 186 Å². The van der Waals surface area contributed by atoms with Gasteiger partial charge in [-0.2, -0.15) is 13.2 Å². The molecule has 1 aromatic heterocycles. The lowest BCUT2D eigenvalue weighted by Gasteiger charge is -2.27. The number of nitrogens with zero attached hydrogens (tertiary/aromatic N) is 2. The Kier molecular flexibility index (Phi) is 7.37. The molecule has 0 bridgehead atoms. The number of aliphatic hydroxyl groups excluding tert-OH is 2. The minimum atomic E-state index is -4.59. The van der Waals surface area contributed by atoms with Gasteiger partial charge in [0.25, 0.3) is 0 Å². The lowest BCUT2D eigenvalue weighted by atomic mass is 10.0. The monoisotopic (exact) mass is 473 g/mol. The number of carbonyl (C=O) groups is 1. The van der Waals surface area contributed by atoms with Crippen molar-refractivity contribution in [2.45, 2.75) is 25.1 Å². The minimum absolute atomic E-state index is 0.0711. The number of carbonyl (C=O) groups excluding carboxylic acids is 1. The van der Waals surface area contributed by atoms with E-state index in [4.69, 9.17) is 16.7 Å². The molecule has 0 fully saturated rings. The molecule has 3 rings (SSSR count). The number of aromatic nitrogens is 1. The molecule has 1 atom stereocenters. The van der Waals surface area contributed by atoms with Crippen LogP contribution >= 0.6 is 11.6 Å². The first-order valence-corrected chi connectivity index (χ1v) is 10.0. The molecule has 32 heavy (non-hydrogen) atoms. The summed E-state index contributed by atoms with van der Waals surface area (Å²) in [5.41, 5.74) is 0.325. The highest BCUT2D eigenvalue weighted by atomic mass is 35.5. The van der Waals surface area contributed by atoms with Gasteiger partial charge in [0.15, 0.2) is 0 Å². The number of halogens is 5. The minimum Gasteiger partial charge on any atom is -0.394 e. The molecule has 0 saturated carbocycles. The fraction of sp³-hybridized carbons (Fsp3) is 0.333. The number of hydrogen-bond acceptors (Lipinski definition) is 4. The number of benzene rings is 1. The first-order chi connectivity index (χ1) is 15.1. The second-order valence-corrected chi connectivity index (χ2v) is 7.67. The standard InChI is InChI=1S/C21H20ClF4N3O3/c22-17-9-14(1-2-16(17)21(24,25)26)28-20(32)29-5-3-13(4-6-29)19-18(23)8-12(10-27-19)7-15(31)11-30/h1-3,8-10,15,30-31H,4-7,11H2,(H,28,32)/t15-/m0/s1. The number of aliphatic hydroxyl groups is 2. The lowest BCUT2D eigenvalue weighted by molar-refractivity contribution is -0.137. The van der Waals surface area contributed by atoms with Gasteiger partial charge in [-0.3, -0.25) is 4.98 Å². The van der Waals surface area contributed by atoms with Crippen LogP contribution in [0.3, 0.4) is 0 Å². The van der Waals surface area contributed by atoms with Crippen molar-refractivity contribution in [3.05, 3.63) is 64.2 Å². The lowest BCUT2D eigenvalue weighted by Crippen LogP contribution is -2.38. The molecule has 6 nitrogen and oxygen atoms in total. The third kappa shape index (κ3) is 5.76. The number of urea groups is 1. The summed E-state index contributed by atoms with van der Waals surface area (Å²) in [6.45, 7) is -0.0368. The van der Waals surface area contributed by atoms with Crippen LogP contribution in [0.4, 0.5) is 28.0 Å². The van der Waals surface area contributed by atoms with Crippen molar-refractivity contribution in [3.8, 4) is 0 Å². The summed E-state index contributed by atoms with van der Waals surface area (Å²) in [5, 5.41) is 20.3.